The van der Waals surface area contributed by atoms with E-state index in [2.05, 4.69) is 0 Å². The molecule has 0 aromatic heterocycles. The summed E-state index contributed by atoms with van der Waals surface area (Å²) in [6.45, 7) is 5.47. The highest BCUT2D eigenvalue weighted by Gasteiger charge is 2.38. The predicted octanol–water partition coefficient (Wildman–Crippen LogP) is 2.96. The van der Waals surface area contributed by atoms with E-state index in [0.29, 0.717) is 19.2 Å². The Balaban J connectivity index is 1.75. The fraction of sp³-hybridized carbons (Fsp3) is 0.667. The molecule has 0 unspecified atom stereocenters. The van der Waals surface area contributed by atoms with Gasteiger partial charge >= 0.3 is 6.18 Å². The van der Waals surface area contributed by atoms with Crippen molar-refractivity contribution in [2.24, 2.45) is 11.8 Å². The zero-order valence-corrected chi connectivity index (χ0v) is 17.6. The van der Waals surface area contributed by atoms with E-state index in [9.17, 15) is 31.7 Å². The molecule has 12 heteroatoms. The van der Waals surface area contributed by atoms with Crippen LogP contribution in [0.5, 0.6) is 0 Å². The molecule has 1 aromatic carbocycles. The number of halogens is 3. The number of piperidine rings is 1. The second kappa shape index (κ2) is 8.31. The molecule has 168 valence electrons. The monoisotopic (exact) mass is 450 g/mol. The number of benzene rings is 1. The molecule has 0 spiro atoms. The van der Waals surface area contributed by atoms with Crippen molar-refractivity contribution in [3.05, 3.63) is 33.9 Å². The molecule has 2 fully saturated rings. The molecule has 0 amide bonds. The van der Waals surface area contributed by atoms with Crippen LogP contribution in [0.25, 0.3) is 0 Å². The first-order valence-corrected chi connectivity index (χ1v) is 11.1. The van der Waals surface area contributed by atoms with Gasteiger partial charge in [-0.1, -0.05) is 13.8 Å². The summed E-state index contributed by atoms with van der Waals surface area (Å²) >= 11 is 0. The van der Waals surface area contributed by atoms with Crippen molar-refractivity contribution >= 4 is 21.6 Å². The van der Waals surface area contributed by atoms with Gasteiger partial charge in [0, 0.05) is 45.3 Å². The van der Waals surface area contributed by atoms with E-state index >= 15 is 0 Å². The number of hydrogen-bond donors (Lipinski definition) is 0. The Kier molecular flexibility index (Phi) is 6.30. The molecule has 0 radical (unpaired) electrons. The summed E-state index contributed by atoms with van der Waals surface area (Å²) in [5.74, 6) is 0.527. The minimum absolute atomic E-state index is 0.0604. The summed E-state index contributed by atoms with van der Waals surface area (Å²) in [6.07, 6.45) is -3.71. The molecule has 0 saturated carbocycles. The molecule has 3 rings (SSSR count). The van der Waals surface area contributed by atoms with Gasteiger partial charge < -0.3 is 4.90 Å². The van der Waals surface area contributed by atoms with Crippen molar-refractivity contribution in [3.63, 3.8) is 0 Å². The summed E-state index contributed by atoms with van der Waals surface area (Å²) in [4.78, 5) is 12.1. The average molecular weight is 450 g/mol. The van der Waals surface area contributed by atoms with Crippen LogP contribution < -0.4 is 4.90 Å². The molecule has 2 aliphatic heterocycles. The van der Waals surface area contributed by atoms with Crippen LogP contribution in [-0.4, -0.2) is 61.2 Å². The topological polar surface area (TPSA) is 87.0 Å². The Bertz CT molecular complexity index is 891. The van der Waals surface area contributed by atoms with Crippen molar-refractivity contribution in [3.8, 4) is 0 Å². The molecule has 0 N–H and O–H groups in total. The number of nitro benzene ring substituents is 1. The van der Waals surface area contributed by atoms with Crippen molar-refractivity contribution in [1.82, 2.24) is 8.61 Å². The second-order valence-corrected chi connectivity index (χ2v) is 10.0. The Labute approximate surface area is 173 Å². The van der Waals surface area contributed by atoms with Crippen LogP contribution in [0, 0.1) is 22.0 Å². The fourth-order valence-corrected chi connectivity index (χ4v) is 6.07. The van der Waals surface area contributed by atoms with Crippen LogP contribution in [0.15, 0.2) is 18.2 Å². The van der Waals surface area contributed by atoms with Gasteiger partial charge in [0.05, 0.1) is 10.5 Å². The van der Waals surface area contributed by atoms with Crippen molar-refractivity contribution < 1.29 is 26.5 Å². The lowest BCUT2D eigenvalue weighted by molar-refractivity contribution is -0.384. The SMILES string of the molecule is C[C@@H]1C[C@@H](C)CN(S(=O)(=O)N2CCN(c3ccc(C(F)(F)F)cc3[N+](=O)[O-])CC2)C1. The number of hydrogen-bond acceptors (Lipinski definition) is 5. The van der Waals surface area contributed by atoms with Gasteiger partial charge in [-0.05, 0) is 30.4 Å². The highest BCUT2D eigenvalue weighted by atomic mass is 32.2. The molecule has 0 aliphatic carbocycles. The van der Waals surface area contributed by atoms with Gasteiger partial charge in [0.25, 0.3) is 15.9 Å². The average Bonchev–Trinajstić information content (AvgIpc) is 2.66. The van der Waals surface area contributed by atoms with Gasteiger partial charge in [-0.25, -0.2) is 0 Å². The van der Waals surface area contributed by atoms with E-state index in [4.69, 9.17) is 0 Å². The van der Waals surface area contributed by atoms with Crippen LogP contribution >= 0.6 is 0 Å². The Morgan fingerprint density at radius 2 is 1.60 bits per heavy atom. The second-order valence-electron chi connectivity index (χ2n) is 8.12. The Hall–Kier alpha value is -1.92. The maximum absolute atomic E-state index is 13.0. The highest BCUT2D eigenvalue weighted by Crippen LogP contribution is 2.37. The van der Waals surface area contributed by atoms with Gasteiger partial charge in [0.15, 0.2) is 0 Å². The molecular formula is C18H25F3N4O4S. The van der Waals surface area contributed by atoms with Crippen LogP contribution in [0.1, 0.15) is 25.8 Å². The van der Waals surface area contributed by atoms with Crippen LogP contribution in [0.4, 0.5) is 24.5 Å². The Morgan fingerprint density at radius 3 is 2.10 bits per heavy atom. The minimum Gasteiger partial charge on any atom is -0.363 e. The first-order valence-electron chi connectivity index (χ1n) is 9.75. The van der Waals surface area contributed by atoms with E-state index < -0.39 is 32.6 Å². The summed E-state index contributed by atoms with van der Waals surface area (Å²) in [5, 5.41) is 11.3. The third kappa shape index (κ3) is 4.70. The van der Waals surface area contributed by atoms with Gasteiger partial charge in [-0.2, -0.15) is 30.2 Å². The lowest BCUT2D eigenvalue weighted by Gasteiger charge is -2.40. The van der Waals surface area contributed by atoms with E-state index in [1.54, 1.807) is 4.90 Å². The molecule has 2 atom stereocenters. The molecule has 2 heterocycles. The zero-order valence-electron chi connectivity index (χ0n) is 16.8. The smallest absolute Gasteiger partial charge is 0.363 e. The molecular weight excluding hydrogens is 425 g/mol. The molecule has 30 heavy (non-hydrogen) atoms. The minimum atomic E-state index is -4.68. The van der Waals surface area contributed by atoms with E-state index in [1.165, 1.54) is 8.61 Å². The van der Waals surface area contributed by atoms with E-state index in [-0.39, 0.29) is 43.7 Å². The van der Waals surface area contributed by atoms with Gasteiger partial charge in [-0.15, -0.1) is 0 Å². The number of rotatable bonds is 4. The Morgan fingerprint density at radius 1 is 1.03 bits per heavy atom. The molecule has 2 saturated heterocycles. The first-order chi connectivity index (χ1) is 13.9. The summed E-state index contributed by atoms with van der Waals surface area (Å²) in [6, 6.07) is 2.41. The highest BCUT2D eigenvalue weighted by molar-refractivity contribution is 7.86. The van der Waals surface area contributed by atoms with E-state index in [0.717, 1.165) is 18.6 Å². The summed E-state index contributed by atoms with van der Waals surface area (Å²) in [5.41, 5.74) is -1.67. The maximum atomic E-state index is 13.0. The van der Waals surface area contributed by atoms with Gasteiger partial charge in [-0.3, -0.25) is 10.1 Å². The fourth-order valence-electron chi connectivity index (χ4n) is 4.23. The van der Waals surface area contributed by atoms with Crippen molar-refractivity contribution in [2.75, 3.05) is 44.2 Å². The van der Waals surface area contributed by atoms with Crippen LogP contribution in [0.3, 0.4) is 0 Å². The van der Waals surface area contributed by atoms with E-state index in [1.807, 2.05) is 13.8 Å². The maximum Gasteiger partial charge on any atom is 0.416 e. The van der Waals surface area contributed by atoms with Gasteiger partial charge in [0.2, 0.25) is 0 Å². The normalized spacial score (nSPS) is 24.8. The number of alkyl halides is 3. The third-order valence-corrected chi connectivity index (χ3v) is 7.54. The number of piperazine rings is 1. The van der Waals surface area contributed by atoms with Crippen molar-refractivity contribution in [2.45, 2.75) is 26.4 Å². The van der Waals surface area contributed by atoms with Crippen LogP contribution in [0.2, 0.25) is 0 Å². The van der Waals surface area contributed by atoms with Crippen molar-refractivity contribution in [1.29, 1.82) is 0 Å². The molecule has 8 nitrogen and oxygen atoms in total. The lowest BCUT2D eigenvalue weighted by Crippen LogP contribution is -2.55. The summed E-state index contributed by atoms with van der Waals surface area (Å²) < 4.78 is 67.6. The zero-order chi connectivity index (χ0) is 22.3. The summed E-state index contributed by atoms with van der Waals surface area (Å²) in [7, 11) is -3.65. The number of nitro groups is 1. The number of nitrogens with zero attached hydrogens (tertiary/aromatic N) is 4. The standard InChI is InChI=1S/C18H25F3N4O4S/c1-13-9-14(2)12-24(11-13)30(28,29)23-7-5-22(6-8-23)16-4-3-15(18(19,20)21)10-17(16)25(26)27/h3-4,10,13-14H,5-9,11-12H2,1-2H3/t13-,14-/m1/s1. The predicted molar refractivity (Wildman–Crippen MR) is 105 cm³/mol. The largest absolute Gasteiger partial charge is 0.416 e. The molecule has 0 bridgehead atoms. The third-order valence-electron chi connectivity index (χ3n) is 5.57. The molecule has 2 aliphatic rings. The first kappa shape index (κ1) is 22.8. The quantitative estimate of drug-likeness (QED) is 0.520. The van der Waals surface area contributed by atoms with Crippen LogP contribution in [-0.2, 0) is 16.4 Å². The lowest BCUT2D eigenvalue weighted by atomic mass is 9.94. The molecule has 1 aromatic rings. The number of anilines is 1. The van der Waals surface area contributed by atoms with Gasteiger partial charge in [0.1, 0.15) is 5.69 Å².